The van der Waals surface area contributed by atoms with E-state index in [9.17, 15) is 0 Å². The highest BCUT2D eigenvalue weighted by Crippen LogP contribution is 2.43. The minimum atomic E-state index is -1.36. The highest BCUT2D eigenvalue weighted by atomic mass is 28.3. The molecule has 0 aromatic carbocycles. The molecule has 114 valence electrons. The third kappa shape index (κ3) is 5.85. The molecule has 0 bridgehead atoms. The molecule has 19 heavy (non-hydrogen) atoms. The summed E-state index contributed by atoms with van der Waals surface area (Å²) in [6.45, 7) is 26.5. The summed E-state index contributed by atoms with van der Waals surface area (Å²) in [5.74, 6) is 0. The molecule has 0 unspecified atom stereocenters. The average Bonchev–Trinajstić information content (AvgIpc) is 2.12. The quantitative estimate of drug-likeness (QED) is 0.495. The van der Waals surface area contributed by atoms with Crippen molar-refractivity contribution in [3.05, 3.63) is 11.3 Å². The van der Waals surface area contributed by atoms with Crippen LogP contribution in [0.15, 0.2) is 11.3 Å². The molecule has 0 aliphatic rings. The van der Waals surface area contributed by atoms with Gasteiger partial charge in [-0.1, -0.05) is 86.7 Å². The fourth-order valence-electron chi connectivity index (χ4n) is 1.94. The topological polar surface area (TPSA) is 0 Å². The van der Waals surface area contributed by atoms with E-state index in [0.717, 1.165) is 0 Å². The smallest absolute Gasteiger partial charge is 0.0769 e. The normalized spacial score (nSPS) is 15.8. The van der Waals surface area contributed by atoms with E-state index >= 15 is 0 Å². The fraction of sp³-hybridized carbons (Fsp3) is 0.889. The van der Waals surface area contributed by atoms with Gasteiger partial charge in [0.1, 0.15) is 0 Å². The van der Waals surface area contributed by atoms with Crippen LogP contribution in [0.5, 0.6) is 0 Å². The van der Waals surface area contributed by atoms with Crippen molar-refractivity contribution in [2.24, 2.45) is 10.8 Å². The van der Waals surface area contributed by atoms with Crippen molar-refractivity contribution in [3.8, 4) is 0 Å². The van der Waals surface area contributed by atoms with E-state index in [1.54, 1.807) is 5.57 Å². The van der Waals surface area contributed by atoms with Crippen molar-refractivity contribution in [3.63, 3.8) is 0 Å². The van der Waals surface area contributed by atoms with Crippen molar-refractivity contribution in [1.29, 1.82) is 0 Å². The first-order valence-corrected chi connectivity index (χ1v) is 10.9. The molecule has 0 saturated carbocycles. The van der Waals surface area contributed by atoms with Crippen molar-refractivity contribution in [1.82, 2.24) is 0 Å². The first kappa shape index (κ1) is 19.0. The van der Waals surface area contributed by atoms with Crippen LogP contribution in [-0.4, -0.2) is 8.07 Å². The van der Waals surface area contributed by atoms with Gasteiger partial charge in [0.2, 0.25) is 0 Å². The maximum atomic E-state index is 2.71. The fourth-order valence-corrected chi connectivity index (χ4v) is 3.73. The molecule has 0 atom stereocenters. The number of hydrogen-bond acceptors (Lipinski definition) is 0. The molecule has 0 aliphatic carbocycles. The lowest BCUT2D eigenvalue weighted by Gasteiger charge is -2.39. The van der Waals surface area contributed by atoms with Gasteiger partial charge in [0.25, 0.3) is 0 Å². The molecule has 0 nitrogen and oxygen atoms in total. The van der Waals surface area contributed by atoms with Gasteiger partial charge in [-0.25, -0.2) is 0 Å². The lowest BCUT2D eigenvalue weighted by atomic mass is 9.75. The largest absolute Gasteiger partial charge is 0.0945 e. The molecule has 0 heterocycles. The Kier molecular flexibility index (Phi) is 5.74. The third-order valence-electron chi connectivity index (χ3n) is 4.94. The summed E-state index contributed by atoms with van der Waals surface area (Å²) in [5.41, 5.74) is 5.11. The molecule has 0 aliphatic heterocycles. The van der Waals surface area contributed by atoms with Crippen molar-refractivity contribution in [2.75, 3.05) is 0 Å². The molecular formula is C18H38Si. The van der Waals surface area contributed by atoms with Crippen molar-refractivity contribution >= 4 is 8.07 Å². The highest BCUT2D eigenvalue weighted by molar-refractivity contribution is 6.84. The van der Waals surface area contributed by atoms with Gasteiger partial charge in [-0.15, -0.1) is 0 Å². The zero-order valence-electron chi connectivity index (χ0n) is 15.5. The minimum absolute atomic E-state index is 0.336. The molecular weight excluding hydrogens is 244 g/mol. The Hall–Kier alpha value is -0.0431. The van der Waals surface area contributed by atoms with E-state index in [1.807, 2.05) is 0 Å². The van der Waals surface area contributed by atoms with Crippen LogP contribution in [0.25, 0.3) is 0 Å². The molecule has 0 spiro atoms. The van der Waals surface area contributed by atoms with E-state index in [0.29, 0.717) is 15.9 Å². The van der Waals surface area contributed by atoms with Gasteiger partial charge in [-0.3, -0.25) is 0 Å². The lowest BCUT2D eigenvalue weighted by Crippen LogP contribution is -2.37. The zero-order valence-corrected chi connectivity index (χ0v) is 16.5. The van der Waals surface area contributed by atoms with Gasteiger partial charge in [-0.2, -0.15) is 0 Å². The van der Waals surface area contributed by atoms with E-state index in [4.69, 9.17) is 0 Å². The Morgan fingerprint density at radius 2 is 1.32 bits per heavy atom. The van der Waals surface area contributed by atoms with Gasteiger partial charge in [0.15, 0.2) is 0 Å². The van der Waals surface area contributed by atoms with Crippen LogP contribution in [0.1, 0.15) is 75.2 Å². The van der Waals surface area contributed by atoms with E-state index < -0.39 is 8.07 Å². The summed E-state index contributed by atoms with van der Waals surface area (Å²) in [6.07, 6.45) is 2.45. The maximum Gasteiger partial charge on any atom is 0.0769 e. The summed E-state index contributed by atoms with van der Waals surface area (Å²) < 4.78 is 0. The lowest BCUT2D eigenvalue weighted by molar-refractivity contribution is 0.337. The summed E-state index contributed by atoms with van der Waals surface area (Å²) in [6, 6.07) is 0. The predicted octanol–water partition coefficient (Wildman–Crippen LogP) is 6.83. The predicted molar refractivity (Wildman–Crippen MR) is 93.4 cm³/mol. The van der Waals surface area contributed by atoms with Gasteiger partial charge in [-0.05, 0) is 28.7 Å². The molecule has 0 aromatic heterocycles. The van der Waals surface area contributed by atoms with Crippen LogP contribution in [-0.2, 0) is 0 Å². The Morgan fingerprint density at radius 1 is 0.895 bits per heavy atom. The second kappa shape index (κ2) is 5.75. The summed E-state index contributed by atoms with van der Waals surface area (Å²) in [5, 5.41) is 0.431. The van der Waals surface area contributed by atoms with Crippen LogP contribution in [0, 0.1) is 10.8 Å². The number of hydrogen-bond donors (Lipinski definition) is 0. The zero-order chi connectivity index (χ0) is 15.7. The molecule has 0 radical (unpaired) electrons. The highest BCUT2D eigenvalue weighted by Gasteiger charge is 2.36. The summed E-state index contributed by atoms with van der Waals surface area (Å²) in [7, 11) is -1.36. The van der Waals surface area contributed by atoms with E-state index in [2.05, 4.69) is 81.1 Å². The first-order chi connectivity index (χ1) is 8.12. The minimum Gasteiger partial charge on any atom is -0.0945 e. The van der Waals surface area contributed by atoms with Gasteiger partial charge >= 0.3 is 0 Å². The Bertz CT molecular complexity index is 319. The first-order valence-electron chi connectivity index (χ1n) is 7.85. The number of allylic oxidation sites excluding steroid dienone is 1. The van der Waals surface area contributed by atoms with Crippen LogP contribution in [0.2, 0.25) is 18.1 Å². The summed E-state index contributed by atoms with van der Waals surface area (Å²) >= 11 is 0. The average molecular weight is 283 g/mol. The van der Waals surface area contributed by atoms with Crippen LogP contribution in [0.3, 0.4) is 0 Å². The van der Waals surface area contributed by atoms with E-state index in [1.165, 1.54) is 12.8 Å². The SMILES string of the molecule is CCC(C)(C)C(=C[Si](C)(C)C(C)(C)C)CC(C)(C)C. The van der Waals surface area contributed by atoms with E-state index in [-0.39, 0.29) is 0 Å². The maximum absolute atomic E-state index is 2.71. The molecule has 1 heteroatoms. The molecule has 0 saturated heterocycles. The Labute approximate surface area is 124 Å². The second-order valence-corrected chi connectivity index (χ2v) is 14.8. The second-order valence-electron chi connectivity index (χ2n) is 9.62. The molecule has 0 fully saturated rings. The third-order valence-corrected chi connectivity index (χ3v) is 9.88. The Morgan fingerprint density at radius 3 is 1.58 bits per heavy atom. The van der Waals surface area contributed by atoms with Crippen molar-refractivity contribution in [2.45, 2.75) is 93.3 Å². The van der Waals surface area contributed by atoms with Crippen LogP contribution < -0.4 is 0 Å². The monoisotopic (exact) mass is 282 g/mol. The molecule has 0 N–H and O–H groups in total. The molecule has 0 aromatic rings. The van der Waals surface area contributed by atoms with Gasteiger partial charge < -0.3 is 0 Å². The Balaban J connectivity index is 5.62. The van der Waals surface area contributed by atoms with Crippen LogP contribution in [0.4, 0.5) is 0 Å². The standard InChI is InChI=1S/C18H38Si/c1-12-18(8,9)15(13-16(2,3)4)14-19(10,11)17(5,6)7/h14H,12-13H2,1-11H3. The van der Waals surface area contributed by atoms with Gasteiger partial charge in [0.05, 0.1) is 8.07 Å². The number of rotatable bonds is 4. The summed E-state index contributed by atoms with van der Waals surface area (Å²) in [4.78, 5) is 0. The molecule has 0 rings (SSSR count). The molecule has 0 amide bonds. The van der Waals surface area contributed by atoms with Crippen LogP contribution >= 0.6 is 0 Å². The van der Waals surface area contributed by atoms with Gasteiger partial charge in [0, 0.05) is 0 Å². The van der Waals surface area contributed by atoms with Crippen molar-refractivity contribution < 1.29 is 0 Å².